The number of unbranched alkanes of at least 4 members (excludes halogenated alkanes) is 13. The Bertz CT molecular complexity index is 486. The number of amides is 1. The number of esters is 1. The first-order valence-corrected chi connectivity index (χ1v) is 12.9. The molecule has 5 nitrogen and oxygen atoms in total. The molecule has 1 fully saturated rings. The van der Waals surface area contributed by atoms with Crippen LogP contribution in [-0.2, 0) is 14.3 Å². The molecule has 5 heteroatoms. The Hall–Kier alpha value is -1.52. The van der Waals surface area contributed by atoms with Gasteiger partial charge in [-0.05, 0) is 19.3 Å². The maximum atomic E-state index is 12.6. The molecule has 1 amide bonds. The van der Waals surface area contributed by atoms with Crippen molar-refractivity contribution in [3.05, 3.63) is 12.7 Å². The summed E-state index contributed by atoms with van der Waals surface area (Å²) in [7, 11) is 0. The van der Waals surface area contributed by atoms with Crippen LogP contribution in [0.2, 0.25) is 0 Å². The Balaban J connectivity index is 2.00. The zero-order valence-corrected chi connectivity index (χ0v) is 20.1. The Morgan fingerprint density at radius 2 is 1.29 bits per heavy atom. The third-order valence-electron chi connectivity index (χ3n) is 6.25. The minimum Gasteiger partial charge on any atom is -0.464 e. The van der Waals surface area contributed by atoms with Crippen molar-refractivity contribution in [1.29, 1.82) is 0 Å². The zero-order chi connectivity index (χ0) is 22.6. The molecule has 0 aromatic heterocycles. The molecule has 0 aliphatic heterocycles. The molecule has 1 saturated carbocycles. The van der Waals surface area contributed by atoms with Gasteiger partial charge in [-0.2, -0.15) is 0 Å². The molecule has 0 spiro atoms. The lowest BCUT2D eigenvalue weighted by molar-refractivity contribution is -0.151. The fourth-order valence-electron chi connectivity index (χ4n) is 4.32. The van der Waals surface area contributed by atoms with E-state index in [0.717, 1.165) is 25.7 Å². The van der Waals surface area contributed by atoms with Crippen LogP contribution >= 0.6 is 0 Å². The molecule has 0 saturated heterocycles. The van der Waals surface area contributed by atoms with Crippen molar-refractivity contribution in [3.8, 4) is 0 Å². The second-order valence-corrected chi connectivity index (χ2v) is 9.03. The first kappa shape index (κ1) is 27.5. The highest BCUT2D eigenvalue weighted by atomic mass is 16.6. The predicted molar refractivity (Wildman–Crippen MR) is 127 cm³/mol. The molecule has 31 heavy (non-hydrogen) atoms. The summed E-state index contributed by atoms with van der Waals surface area (Å²) in [6.45, 7) is 6.36. The van der Waals surface area contributed by atoms with E-state index in [-0.39, 0.29) is 12.6 Å². The Labute approximate surface area is 190 Å². The lowest BCUT2D eigenvalue weighted by Crippen LogP contribution is -2.53. The van der Waals surface area contributed by atoms with Gasteiger partial charge in [-0.3, -0.25) is 0 Å². The van der Waals surface area contributed by atoms with Gasteiger partial charge in [0.1, 0.15) is 12.1 Å². The average Bonchev–Trinajstić information content (AvgIpc) is 3.24. The minimum atomic E-state index is -0.908. The summed E-state index contributed by atoms with van der Waals surface area (Å²) in [5.41, 5.74) is -0.908. The molecule has 0 aromatic rings. The third-order valence-corrected chi connectivity index (χ3v) is 6.25. The van der Waals surface area contributed by atoms with E-state index in [1.54, 1.807) is 0 Å². The monoisotopic (exact) mass is 437 g/mol. The maximum Gasteiger partial charge on any atom is 0.408 e. The lowest BCUT2D eigenvalue weighted by atomic mass is 9.98. The molecule has 1 aliphatic carbocycles. The molecular weight excluding hydrogens is 390 g/mol. The topological polar surface area (TPSA) is 64.6 Å². The number of rotatable bonds is 19. The highest BCUT2D eigenvalue weighted by molar-refractivity contribution is 5.86. The fourth-order valence-corrected chi connectivity index (χ4v) is 4.32. The fraction of sp³-hybridized carbons (Fsp3) is 0.846. The number of carbonyl (C=O) groups is 2. The largest absolute Gasteiger partial charge is 0.464 e. The van der Waals surface area contributed by atoms with Gasteiger partial charge in [0, 0.05) is 0 Å². The van der Waals surface area contributed by atoms with Gasteiger partial charge >= 0.3 is 12.1 Å². The van der Waals surface area contributed by atoms with Crippen molar-refractivity contribution in [1.82, 2.24) is 5.32 Å². The smallest absolute Gasteiger partial charge is 0.408 e. The van der Waals surface area contributed by atoms with Crippen molar-refractivity contribution in [2.75, 3.05) is 13.2 Å². The molecule has 0 bridgehead atoms. The molecule has 1 N–H and O–H groups in total. The van der Waals surface area contributed by atoms with Crippen LogP contribution < -0.4 is 5.32 Å². The molecule has 0 atom stereocenters. The van der Waals surface area contributed by atoms with Gasteiger partial charge in [0.05, 0.1) is 6.61 Å². The van der Waals surface area contributed by atoms with Crippen molar-refractivity contribution in [3.63, 3.8) is 0 Å². The summed E-state index contributed by atoms with van der Waals surface area (Å²) in [6, 6.07) is 0. The minimum absolute atomic E-state index is 0.135. The Morgan fingerprint density at radius 1 is 0.806 bits per heavy atom. The van der Waals surface area contributed by atoms with Crippen LogP contribution in [-0.4, -0.2) is 30.8 Å². The molecule has 1 aliphatic rings. The first-order chi connectivity index (χ1) is 15.1. The number of hydrogen-bond donors (Lipinski definition) is 1. The number of nitrogens with one attached hydrogen (secondary N) is 1. The summed E-state index contributed by atoms with van der Waals surface area (Å²) in [6.07, 6.45) is 22.2. The Morgan fingerprint density at radius 3 is 1.77 bits per heavy atom. The molecule has 0 radical (unpaired) electrons. The lowest BCUT2D eigenvalue weighted by Gasteiger charge is -2.27. The predicted octanol–water partition coefficient (Wildman–Crippen LogP) is 7.24. The van der Waals surface area contributed by atoms with E-state index in [4.69, 9.17) is 9.47 Å². The van der Waals surface area contributed by atoms with E-state index in [0.29, 0.717) is 19.4 Å². The second-order valence-electron chi connectivity index (χ2n) is 9.03. The highest BCUT2D eigenvalue weighted by Gasteiger charge is 2.44. The van der Waals surface area contributed by atoms with Crippen LogP contribution in [0.15, 0.2) is 12.7 Å². The van der Waals surface area contributed by atoms with Crippen LogP contribution in [0, 0.1) is 0 Å². The van der Waals surface area contributed by atoms with Gasteiger partial charge in [-0.1, -0.05) is 116 Å². The van der Waals surface area contributed by atoms with Crippen molar-refractivity contribution < 1.29 is 19.1 Å². The number of hydrogen-bond acceptors (Lipinski definition) is 4. The van der Waals surface area contributed by atoms with Crippen LogP contribution in [0.4, 0.5) is 4.79 Å². The summed E-state index contributed by atoms with van der Waals surface area (Å²) >= 11 is 0. The number of carbonyl (C=O) groups excluding carboxylic acids is 2. The maximum absolute atomic E-state index is 12.6. The normalized spacial score (nSPS) is 14.9. The highest BCUT2D eigenvalue weighted by Crippen LogP contribution is 2.31. The molecule has 0 unspecified atom stereocenters. The van der Waals surface area contributed by atoms with Gasteiger partial charge in [-0.25, -0.2) is 9.59 Å². The number of ether oxygens (including phenoxy) is 2. The summed E-state index contributed by atoms with van der Waals surface area (Å²) in [4.78, 5) is 24.5. The van der Waals surface area contributed by atoms with Gasteiger partial charge in [0.15, 0.2) is 0 Å². The quantitative estimate of drug-likeness (QED) is 0.131. The number of alkyl carbamates (subject to hydrolysis) is 1. The van der Waals surface area contributed by atoms with Crippen molar-refractivity contribution in [2.45, 2.75) is 128 Å². The van der Waals surface area contributed by atoms with Crippen molar-refractivity contribution in [2.24, 2.45) is 0 Å². The van der Waals surface area contributed by atoms with Gasteiger partial charge in [-0.15, -0.1) is 0 Å². The molecule has 0 aromatic carbocycles. The van der Waals surface area contributed by atoms with Gasteiger partial charge < -0.3 is 14.8 Å². The van der Waals surface area contributed by atoms with Gasteiger partial charge in [0.2, 0.25) is 0 Å². The average molecular weight is 438 g/mol. The van der Waals surface area contributed by atoms with E-state index >= 15 is 0 Å². The van der Waals surface area contributed by atoms with E-state index in [1.807, 2.05) is 0 Å². The standard InChI is InChI=1S/C26H47NO4/c1-3-5-6-7-8-9-10-11-12-13-14-15-16-19-23-30-24(28)26(20-17-18-21-26)27-25(29)31-22-4-2/h4H,2-3,5-23H2,1H3,(H,27,29). The van der Waals surface area contributed by atoms with Gasteiger partial charge in [0.25, 0.3) is 0 Å². The van der Waals surface area contributed by atoms with E-state index in [9.17, 15) is 9.59 Å². The molecule has 0 heterocycles. The zero-order valence-electron chi connectivity index (χ0n) is 20.1. The summed E-state index contributed by atoms with van der Waals surface area (Å²) in [5.74, 6) is -0.310. The van der Waals surface area contributed by atoms with E-state index < -0.39 is 11.6 Å². The van der Waals surface area contributed by atoms with Crippen LogP contribution in [0.25, 0.3) is 0 Å². The van der Waals surface area contributed by atoms with Crippen LogP contribution in [0.1, 0.15) is 122 Å². The first-order valence-electron chi connectivity index (χ1n) is 12.9. The molecule has 1 rings (SSSR count). The Kier molecular flexibility index (Phi) is 16.1. The molecule has 180 valence electrons. The van der Waals surface area contributed by atoms with E-state index in [2.05, 4.69) is 18.8 Å². The summed E-state index contributed by atoms with van der Waals surface area (Å²) in [5, 5.41) is 2.75. The van der Waals surface area contributed by atoms with Crippen LogP contribution in [0.5, 0.6) is 0 Å². The van der Waals surface area contributed by atoms with E-state index in [1.165, 1.54) is 83.1 Å². The molecular formula is C26H47NO4. The SMILES string of the molecule is C=CCOC(=O)NC1(C(=O)OCCCCCCCCCCCCCCCC)CCCC1. The van der Waals surface area contributed by atoms with Crippen molar-refractivity contribution >= 4 is 12.1 Å². The second kappa shape index (κ2) is 18.1. The summed E-state index contributed by atoms with van der Waals surface area (Å²) < 4.78 is 10.5. The van der Waals surface area contributed by atoms with Crippen LogP contribution in [0.3, 0.4) is 0 Å². The third kappa shape index (κ3) is 12.8.